The van der Waals surface area contributed by atoms with Crippen LogP contribution < -0.4 is 10.6 Å². The zero-order valence-electron chi connectivity index (χ0n) is 15.1. The Morgan fingerprint density at radius 1 is 1.46 bits per heavy atom. The molecule has 1 atom stereocenters. The second-order valence-electron chi connectivity index (χ2n) is 6.20. The van der Waals surface area contributed by atoms with Crippen LogP contribution >= 0.6 is 0 Å². The summed E-state index contributed by atoms with van der Waals surface area (Å²) in [6.45, 7) is 7.43. The molecule has 1 amide bonds. The maximum Gasteiger partial charge on any atom is 0.222 e. The Balaban J connectivity index is 1.62. The van der Waals surface area contributed by atoms with Crippen LogP contribution in [0.4, 0.5) is 0 Å². The molecule has 0 aliphatic carbocycles. The van der Waals surface area contributed by atoms with Gasteiger partial charge in [-0.1, -0.05) is 6.92 Å². The number of carbonyl (C=O) groups is 1. The normalized spacial score (nSPS) is 18.0. The lowest BCUT2D eigenvalue weighted by molar-refractivity contribution is -0.129. The number of unbranched alkanes of at least 4 members (excludes halogenated alkanes) is 1. The second kappa shape index (κ2) is 9.30. The van der Waals surface area contributed by atoms with Gasteiger partial charge < -0.3 is 20.1 Å². The van der Waals surface area contributed by atoms with Crippen molar-refractivity contribution in [3.8, 4) is 0 Å². The third-order valence-electron chi connectivity index (χ3n) is 4.45. The van der Waals surface area contributed by atoms with E-state index in [2.05, 4.69) is 25.2 Å². The number of nitrogens with zero attached hydrogens (tertiary/aromatic N) is 4. The number of hydrogen-bond acceptors (Lipinski definition) is 3. The molecule has 1 unspecified atom stereocenters. The maximum atomic E-state index is 11.7. The number of hydrogen-bond donors (Lipinski definition) is 2. The first-order valence-electron chi connectivity index (χ1n) is 8.86. The number of aliphatic imine (C=N–C) groups is 1. The second-order valence-corrected chi connectivity index (χ2v) is 6.20. The lowest BCUT2D eigenvalue weighted by Gasteiger charge is -2.18. The molecule has 1 saturated heterocycles. The largest absolute Gasteiger partial charge is 0.356 e. The molecule has 0 radical (unpaired) electrons. The predicted molar refractivity (Wildman–Crippen MR) is 96.0 cm³/mol. The van der Waals surface area contributed by atoms with Crippen LogP contribution in [-0.4, -0.2) is 59.0 Å². The number of rotatable bonds is 7. The molecule has 1 aliphatic heterocycles. The van der Waals surface area contributed by atoms with E-state index in [4.69, 9.17) is 0 Å². The molecule has 0 bridgehead atoms. The van der Waals surface area contributed by atoms with Crippen molar-refractivity contribution in [1.29, 1.82) is 0 Å². The predicted octanol–water partition coefficient (Wildman–Crippen LogP) is 1.15. The highest BCUT2D eigenvalue weighted by molar-refractivity contribution is 5.80. The quantitative estimate of drug-likeness (QED) is 0.446. The standard InChI is InChI=1S/C17H30N6O/c1-4-16(24)23-11-7-15(13-23)21-17(18-3)20-8-5-6-10-22-12-9-19-14(22)2/h9,12,15H,4-8,10-11,13H2,1-3H3,(H2,18,20,21). The van der Waals surface area contributed by atoms with E-state index in [9.17, 15) is 4.79 Å². The van der Waals surface area contributed by atoms with Crippen LogP contribution in [0.1, 0.15) is 38.4 Å². The first kappa shape index (κ1) is 18.3. The number of guanidine groups is 1. The van der Waals surface area contributed by atoms with Crippen molar-refractivity contribution in [3.05, 3.63) is 18.2 Å². The summed E-state index contributed by atoms with van der Waals surface area (Å²) in [4.78, 5) is 22.2. The molecule has 1 fully saturated rings. The van der Waals surface area contributed by atoms with Gasteiger partial charge in [0, 0.05) is 58.1 Å². The molecule has 1 aromatic rings. The van der Waals surface area contributed by atoms with Gasteiger partial charge in [-0.05, 0) is 26.2 Å². The van der Waals surface area contributed by atoms with Crippen LogP contribution in [0.2, 0.25) is 0 Å². The first-order chi connectivity index (χ1) is 11.6. The van der Waals surface area contributed by atoms with Gasteiger partial charge in [0.05, 0.1) is 0 Å². The molecule has 134 valence electrons. The van der Waals surface area contributed by atoms with E-state index in [0.717, 1.165) is 57.2 Å². The molecular weight excluding hydrogens is 304 g/mol. The molecule has 0 spiro atoms. The topological polar surface area (TPSA) is 74.6 Å². The minimum atomic E-state index is 0.233. The van der Waals surface area contributed by atoms with Crippen molar-refractivity contribution in [2.45, 2.75) is 52.1 Å². The number of imidazole rings is 1. The van der Waals surface area contributed by atoms with Crippen LogP contribution in [0.25, 0.3) is 0 Å². The lowest BCUT2D eigenvalue weighted by atomic mass is 10.2. The van der Waals surface area contributed by atoms with Crippen molar-refractivity contribution in [2.75, 3.05) is 26.7 Å². The number of likely N-dealkylation sites (tertiary alicyclic amines) is 1. The van der Waals surface area contributed by atoms with E-state index in [1.807, 2.05) is 31.1 Å². The van der Waals surface area contributed by atoms with Crippen LogP contribution in [0, 0.1) is 6.92 Å². The zero-order valence-corrected chi connectivity index (χ0v) is 15.1. The Morgan fingerprint density at radius 3 is 2.96 bits per heavy atom. The minimum Gasteiger partial charge on any atom is -0.356 e. The van der Waals surface area contributed by atoms with Crippen molar-refractivity contribution in [2.24, 2.45) is 4.99 Å². The van der Waals surface area contributed by atoms with E-state index in [0.29, 0.717) is 12.5 Å². The number of nitrogens with one attached hydrogen (secondary N) is 2. The van der Waals surface area contributed by atoms with Gasteiger partial charge in [-0.2, -0.15) is 0 Å². The molecule has 2 rings (SSSR count). The van der Waals surface area contributed by atoms with Crippen molar-refractivity contribution in [1.82, 2.24) is 25.1 Å². The summed E-state index contributed by atoms with van der Waals surface area (Å²) in [5, 5.41) is 6.78. The van der Waals surface area contributed by atoms with Crippen LogP contribution in [0.3, 0.4) is 0 Å². The molecule has 2 heterocycles. The van der Waals surface area contributed by atoms with Crippen molar-refractivity contribution in [3.63, 3.8) is 0 Å². The number of aryl methyl sites for hydroxylation is 2. The molecule has 24 heavy (non-hydrogen) atoms. The monoisotopic (exact) mass is 334 g/mol. The Morgan fingerprint density at radius 2 is 2.29 bits per heavy atom. The average Bonchev–Trinajstić information content (AvgIpc) is 3.22. The van der Waals surface area contributed by atoms with E-state index < -0.39 is 0 Å². The maximum absolute atomic E-state index is 11.7. The smallest absolute Gasteiger partial charge is 0.222 e. The van der Waals surface area contributed by atoms with E-state index >= 15 is 0 Å². The van der Waals surface area contributed by atoms with Crippen LogP contribution in [-0.2, 0) is 11.3 Å². The number of amides is 1. The van der Waals surface area contributed by atoms with Gasteiger partial charge in [0.25, 0.3) is 0 Å². The highest BCUT2D eigenvalue weighted by atomic mass is 16.2. The molecule has 2 N–H and O–H groups in total. The molecule has 7 heteroatoms. The van der Waals surface area contributed by atoms with Crippen LogP contribution in [0.15, 0.2) is 17.4 Å². The summed E-state index contributed by atoms with van der Waals surface area (Å²) in [5.74, 6) is 2.12. The summed E-state index contributed by atoms with van der Waals surface area (Å²) in [6, 6.07) is 0.292. The SMILES string of the molecule is CCC(=O)N1CCC(NC(=NC)NCCCCn2ccnc2C)C1. The summed E-state index contributed by atoms with van der Waals surface area (Å²) < 4.78 is 2.17. The number of carbonyl (C=O) groups excluding carboxylic acids is 1. The van der Waals surface area contributed by atoms with E-state index in [1.165, 1.54) is 0 Å². The lowest BCUT2D eigenvalue weighted by Crippen LogP contribution is -2.45. The molecule has 0 aromatic carbocycles. The third-order valence-corrected chi connectivity index (χ3v) is 4.45. The molecule has 1 aliphatic rings. The summed E-state index contributed by atoms with van der Waals surface area (Å²) >= 11 is 0. The van der Waals surface area contributed by atoms with Crippen LogP contribution in [0.5, 0.6) is 0 Å². The van der Waals surface area contributed by atoms with Gasteiger partial charge in [0.2, 0.25) is 5.91 Å². The third kappa shape index (κ3) is 5.25. The molecule has 1 aromatic heterocycles. The zero-order chi connectivity index (χ0) is 17.4. The van der Waals surface area contributed by atoms with E-state index in [-0.39, 0.29) is 5.91 Å². The summed E-state index contributed by atoms with van der Waals surface area (Å²) in [5.41, 5.74) is 0. The van der Waals surface area contributed by atoms with Gasteiger partial charge in [-0.15, -0.1) is 0 Å². The van der Waals surface area contributed by atoms with E-state index in [1.54, 1.807) is 7.05 Å². The Kier molecular flexibility index (Phi) is 7.08. The van der Waals surface area contributed by atoms with Gasteiger partial charge in [0.15, 0.2) is 5.96 Å². The fourth-order valence-corrected chi connectivity index (χ4v) is 2.97. The highest BCUT2D eigenvalue weighted by Gasteiger charge is 2.25. The highest BCUT2D eigenvalue weighted by Crippen LogP contribution is 2.10. The average molecular weight is 334 g/mol. The van der Waals surface area contributed by atoms with Crippen molar-refractivity contribution < 1.29 is 4.79 Å². The minimum absolute atomic E-state index is 0.233. The Labute approximate surface area is 144 Å². The first-order valence-corrected chi connectivity index (χ1v) is 8.86. The molecular formula is C17H30N6O. The molecule has 0 saturated carbocycles. The van der Waals surface area contributed by atoms with Gasteiger partial charge in [-0.25, -0.2) is 4.98 Å². The van der Waals surface area contributed by atoms with Gasteiger partial charge in [-0.3, -0.25) is 9.79 Å². The van der Waals surface area contributed by atoms with Gasteiger partial charge >= 0.3 is 0 Å². The fourth-order valence-electron chi connectivity index (χ4n) is 2.97. The van der Waals surface area contributed by atoms with Gasteiger partial charge in [0.1, 0.15) is 5.82 Å². The molecule has 7 nitrogen and oxygen atoms in total. The fraction of sp³-hybridized carbons (Fsp3) is 0.706. The Bertz CT molecular complexity index is 553. The summed E-state index contributed by atoms with van der Waals surface area (Å²) in [7, 11) is 1.79. The van der Waals surface area contributed by atoms with Crippen molar-refractivity contribution >= 4 is 11.9 Å². The number of aromatic nitrogens is 2. The summed E-state index contributed by atoms with van der Waals surface area (Å²) in [6.07, 6.45) is 7.59. The Hall–Kier alpha value is -2.05.